The highest BCUT2D eigenvalue weighted by Crippen LogP contribution is 2.45. The van der Waals surface area contributed by atoms with Crippen LogP contribution >= 0.6 is 0 Å². The van der Waals surface area contributed by atoms with Crippen molar-refractivity contribution in [3.63, 3.8) is 0 Å². The maximum atomic E-state index is 6.63. The maximum Gasteiger partial charge on any atom is 0.136 e. The minimum Gasteiger partial charge on any atom is -0.456 e. The zero-order chi connectivity index (χ0) is 29.5. The lowest BCUT2D eigenvalue weighted by Gasteiger charge is -2.15. The van der Waals surface area contributed by atoms with Gasteiger partial charge in [0.15, 0.2) is 0 Å². The van der Waals surface area contributed by atoms with E-state index >= 15 is 0 Å². The highest BCUT2D eigenvalue weighted by atomic mass is 16.3. The summed E-state index contributed by atoms with van der Waals surface area (Å²) in [6.45, 7) is 0. The summed E-state index contributed by atoms with van der Waals surface area (Å²) in [5.74, 6) is 0. The molecule has 0 aliphatic rings. The largest absolute Gasteiger partial charge is 0.456 e. The van der Waals surface area contributed by atoms with Gasteiger partial charge in [-0.25, -0.2) is 0 Å². The Morgan fingerprint density at radius 2 is 0.978 bits per heavy atom. The van der Waals surface area contributed by atoms with Gasteiger partial charge in [-0.15, -0.1) is 0 Å². The van der Waals surface area contributed by atoms with Crippen LogP contribution in [0.2, 0.25) is 0 Å². The standard InChI is InChI=1S/C44H26O/c1-4-13-33-27(9-1)12-7-16-35(33)31-20-19-29-24-40-42(26-32(29)23-31)45-41-18-8-17-38(44(40)41)43-36-15-6-3-11-30(36)25-39-34-14-5-2-10-28(34)21-22-37(39)43/h1-26H. The Balaban J connectivity index is 1.25. The molecule has 45 heavy (non-hydrogen) atoms. The molecule has 0 amide bonds. The number of furan rings is 1. The van der Waals surface area contributed by atoms with Crippen molar-refractivity contribution < 1.29 is 4.42 Å². The van der Waals surface area contributed by atoms with Crippen molar-refractivity contribution in [1.29, 1.82) is 0 Å². The fraction of sp³-hybridized carbons (Fsp3) is 0. The minimum absolute atomic E-state index is 0.911. The SMILES string of the molecule is c1ccc2c(-c3ccc4cc5c(cc4c3)oc3cccc(-c4c6ccccc6cc6c4ccc4ccccc46)c35)cccc2c1. The Morgan fingerprint density at radius 3 is 1.87 bits per heavy atom. The van der Waals surface area contributed by atoms with Crippen LogP contribution in [-0.2, 0) is 0 Å². The van der Waals surface area contributed by atoms with Crippen LogP contribution in [0.25, 0.3) is 98.1 Å². The molecule has 0 N–H and O–H groups in total. The predicted octanol–water partition coefficient (Wildman–Crippen LogP) is 12.7. The highest BCUT2D eigenvalue weighted by Gasteiger charge is 2.18. The molecule has 0 saturated heterocycles. The zero-order valence-corrected chi connectivity index (χ0v) is 24.4. The Hall–Kier alpha value is -5.92. The van der Waals surface area contributed by atoms with Crippen LogP contribution in [-0.4, -0.2) is 0 Å². The summed E-state index contributed by atoms with van der Waals surface area (Å²) in [4.78, 5) is 0. The van der Waals surface area contributed by atoms with Crippen LogP contribution in [0.3, 0.4) is 0 Å². The Kier molecular flexibility index (Phi) is 5.06. The van der Waals surface area contributed by atoms with Crippen LogP contribution in [0, 0.1) is 0 Å². The average molecular weight is 571 g/mol. The first kappa shape index (κ1) is 24.5. The van der Waals surface area contributed by atoms with Gasteiger partial charge in [-0.3, -0.25) is 0 Å². The van der Waals surface area contributed by atoms with E-state index in [1.54, 1.807) is 0 Å². The van der Waals surface area contributed by atoms with Crippen molar-refractivity contribution in [3.8, 4) is 22.3 Å². The molecule has 1 nitrogen and oxygen atoms in total. The fourth-order valence-electron chi connectivity index (χ4n) is 7.53. The maximum absolute atomic E-state index is 6.63. The molecule has 9 aromatic carbocycles. The Morgan fingerprint density at radius 1 is 0.311 bits per heavy atom. The molecule has 208 valence electrons. The number of benzene rings is 9. The van der Waals surface area contributed by atoms with Crippen LogP contribution in [0.1, 0.15) is 0 Å². The fourth-order valence-corrected chi connectivity index (χ4v) is 7.53. The molecule has 10 rings (SSSR count). The van der Waals surface area contributed by atoms with E-state index in [2.05, 4.69) is 158 Å². The molecule has 1 heteroatoms. The highest BCUT2D eigenvalue weighted by molar-refractivity contribution is 6.25. The molecule has 0 unspecified atom stereocenters. The second kappa shape index (κ2) is 9.29. The molecule has 0 bridgehead atoms. The van der Waals surface area contributed by atoms with Crippen molar-refractivity contribution in [3.05, 3.63) is 158 Å². The number of hydrogen-bond acceptors (Lipinski definition) is 1. The monoisotopic (exact) mass is 570 g/mol. The number of rotatable bonds is 2. The van der Waals surface area contributed by atoms with E-state index < -0.39 is 0 Å². The molecule has 0 saturated carbocycles. The van der Waals surface area contributed by atoms with Gasteiger partial charge < -0.3 is 4.42 Å². The van der Waals surface area contributed by atoms with Gasteiger partial charge in [-0.1, -0.05) is 127 Å². The van der Waals surface area contributed by atoms with Crippen molar-refractivity contribution in [1.82, 2.24) is 0 Å². The lowest BCUT2D eigenvalue weighted by atomic mass is 9.88. The summed E-state index contributed by atoms with van der Waals surface area (Å²) in [6, 6.07) is 57.3. The first-order valence-corrected chi connectivity index (χ1v) is 15.5. The van der Waals surface area contributed by atoms with Crippen LogP contribution < -0.4 is 0 Å². The van der Waals surface area contributed by atoms with Gasteiger partial charge in [0.05, 0.1) is 0 Å². The van der Waals surface area contributed by atoms with Gasteiger partial charge in [0.2, 0.25) is 0 Å². The Labute approximate surface area is 259 Å². The van der Waals surface area contributed by atoms with Gasteiger partial charge in [-0.2, -0.15) is 0 Å². The van der Waals surface area contributed by atoms with E-state index in [0.717, 1.165) is 16.6 Å². The molecule has 1 heterocycles. The Bertz CT molecular complexity index is 2810. The van der Waals surface area contributed by atoms with Crippen LogP contribution in [0.5, 0.6) is 0 Å². The summed E-state index contributed by atoms with van der Waals surface area (Å²) in [7, 11) is 0. The van der Waals surface area contributed by atoms with E-state index in [-0.39, 0.29) is 0 Å². The second-order valence-electron chi connectivity index (χ2n) is 12.1. The van der Waals surface area contributed by atoms with Gasteiger partial charge in [0.25, 0.3) is 0 Å². The van der Waals surface area contributed by atoms with Crippen molar-refractivity contribution in [2.75, 3.05) is 0 Å². The molecule has 0 radical (unpaired) electrons. The topological polar surface area (TPSA) is 13.1 Å². The van der Waals surface area contributed by atoms with Crippen LogP contribution in [0.15, 0.2) is 162 Å². The summed E-state index contributed by atoms with van der Waals surface area (Å²) in [6.07, 6.45) is 0. The number of fused-ring (bicyclic) bond motifs is 9. The molecule has 10 aromatic rings. The van der Waals surface area contributed by atoms with E-state index in [1.807, 2.05) is 0 Å². The molecule has 0 atom stereocenters. The molecule has 0 spiro atoms. The lowest BCUT2D eigenvalue weighted by Crippen LogP contribution is -1.88. The third kappa shape index (κ3) is 3.62. The van der Waals surface area contributed by atoms with Gasteiger partial charge in [-0.05, 0) is 106 Å². The quantitative estimate of drug-likeness (QED) is 0.149. The minimum atomic E-state index is 0.911. The van der Waals surface area contributed by atoms with Gasteiger partial charge >= 0.3 is 0 Å². The molecular weight excluding hydrogens is 544 g/mol. The van der Waals surface area contributed by atoms with Crippen molar-refractivity contribution >= 4 is 75.8 Å². The normalized spacial score (nSPS) is 12.0. The molecule has 0 aliphatic heterocycles. The summed E-state index contributed by atoms with van der Waals surface area (Å²) >= 11 is 0. The van der Waals surface area contributed by atoms with E-state index in [9.17, 15) is 0 Å². The molecular formula is C44H26O. The van der Waals surface area contributed by atoms with E-state index in [0.29, 0.717) is 0 Å². The summed E-state index contributed by atoms with van der Waals surface area (Å²) < 4.78 is 6.63. The summed E-state index contributed by atoms with van der Waals surface area (Å²) in [5.41, 5.74) is 6.75. The van der Waals surface area contributed by atoms with Crippen molar-refractivity contribution in [2.45, 2.75) is 0 Å². The lowest BCUT2D eigenvalue weighted by molar-refractivity contribution is 0.669. The molecule has 1 aromatic heterocycles. The smallest absolute Gasteiger partial charge is 0.136 e. The van der Waals surface area contributed by atoms with Crippen LogP contribution in [0.4, 0.5) is 0 Å². The summed E-state index contributed by atoms with van der Waals surface area (Å²) in [5, 5.41) is 14.8. The zero-order valence-electron chi connectivity index (χ0n) is 24.4. The number of hydrogen-bond donors (Lipinski definition) is 0. The van der Waals surface area contributed by atoms with Gasteiger partial charge in [0.1, 0.15) is 11.2 Å². The first-order valence-electron chi connectivity index (χ1n) is 15.5. The van der Waals surface area contributed by atoms with E-state index in [1.165, 1.54) is 81.5 Å². The van der Waals surface area contributed by atoms with Gasteiger partial charge in [0, 0.05) is 10.8 Å². The first-order chi connectivity index (χ1) is 22.3. The molecule has 0 fully saturated rings. The van der Waals surface area contributed by atoms with E-state index in [4.69, 9.17) is 4.42 Å². The second-order valence-corrected chi connectivity index (χ2v) is 12.1. The third-order valence-corrected chi connectivity index (χ3v) is 9.59. The average Bonchev–Trinajstić information content (AvgIpc) is 3.46. The molecule has 0 aliphatic carbocycles. The van der Waals surface area contributed by atoms with Crippen molar-refractivity contribution in [2.24, 2.45) is 0 Å². The predicted molar refractivity (Wildman–Crippen MR) is 192 cm³/mol. The third-order valence-electron chi connectivity index (χ3n) is 9.59.